The molecule has 3 aromatic heterocycles. The van der Waals surface area contributed by atoms with Gasteiger partial charge in [-0.15, -0.1) is 0 Å². The number of carbonyl (C=O) groups excluding carboxylic acids is 1. The van der Waals surface area contributed by atoms with Gasteiger partial charge in [0, 0.05) is 36.2 Å². The number of hydrogen-bond acceptors (Lipinski definition) is 6. The number of fused-ring (bicyclic) bond motifs is 2. The Morgan fingerprint density at radius 2 is 2.14 bits per heavy atom. The Bertz CT molecular complexity index is 1200. The van der Waals surface area contributed by atoms with E-state index in [-0.39, 0.29) is 18.5 Å². The number of nitrogens with zero attached hydrogens (tertiary/aromatic N) is 3. The topological polar surface area (TPSA) is 95.6 Å². The van der Waals surface area contributed by atoms with Gasteiger partial charge in [-0.2, -0.15) is 9.47 Å². The molecule has 0 bridgehead atoms. The number of benzene rings is 1. The average Bonchev–Trinajstić information content (AvgIpc) is 3.24. The van der Waals surface area contributed by atoms with E-state index >= 15 is 0 Å². The molecule has 0 aliphatic heterocycles. The summed E-state index contributed by atoms with van der Waals surface area (Å²) in [4.78, 5) is 16.7. The van der Waals surface area contributed by atoms with Crippen molar-refractivity contribution < 1.29 is 13.6 Å². The molecule has 142 valence electrons. The molecule has 1 amide bonds. The largest absolute Gasteiger partial charge is 0.347 e. The first kappa shape index (κ1) is 17.0. The monoisotopic (exact) mass is 400 g/mol. The second-order valence-corrected chi connectivity index (χ2v) is 7.58. The fourth-order valence-electron chi connectivity index (χ4n) is 3.27. The van der Waals surface area contributed by atoms with E-state index in [1.807, 2.05) is 24.3 Å². The molecule has 1 fully saturated rings. The standard InChI is InChI=1S/C18H14F2N6OS/c19-18(20)7-10(8-18)23-17(27)14-11-4-3-9(6-13(11)28-26-14)22-16-15-12(24-25-16)2-1-5-21-15/h1-6,10H,7-8H2,(H,23,27)(H2,22,24,25). The maximum atomic E-state index is 12.9. The molecule has 28 heavy (non-hydrogen) atoms. The summed E-state index contributed by atoms with van der Waals surface area (Å²) in [5, 5.41) is 13.7. The number of anilines is 2. The van der Waals surface area contributed by atoms with E-state index in [4.69, 9.17) is 0 Å². The summed E-state index contributed by atoms with van der Waals surface area (Å²) in [5.74, 6) is -2.49. The first-order valence-electron chi connectivity index (χ1n) is 8.63. The lowest BCUT2D eigenvalue weighted by Crippen LogP contribution is -2.50. The van der Waals surface area contributed by atoms with Crippen LogP contribution in [0.4, 0.5) is 20.3 Å². The van der Waals surface area contributed by atoms with Crippen LogP contribution in [0.5, 0.6) is 0 Å². The Labute approximate surface area is 161 Å². The van der Waals surface area contributed by atoms with E-state index in [0.717, 1.165) is 21.4 Å². The van der Waals surface area contributed by atoms with Crippen molar-refractivity contribution in [2.24, 2.45) is 0 Å². The predicted octanol–water partition coefficient (Wildman–Crippen LogP) is 3.84. The molecule has 0 unspecified atom stereocenters. The van der Waals surface area contributed by atoms with E-state index in [1.165, 1.54) is 11.5 Å². The van der Waals surface area contributed by atoms with E-state index in [2.05, 4.69) is 30.2 Å². The number of aromatic amines is 1. The molecule has 3 heterocycles. The summed E-state index contributed by atoms with van der Waals surface area (Å²) >= 11 is 1.18. The van der Waals surface area contributed by atoms with Gasteiger partial charge in [0.05, 0.1) is 10.2 Å². The second-order valence-electron chi connectivity index (χ2n) is 6.77. The highest BCUT2D eigenvalue weighted by atomic mass is 32.1. The Morgan fingerprint density at radius 1 is 1.29 bits per heavy atom. The summed E-state index contributed by atoms with van der Waals surface area (Å²) in [6.45, 7) is 0. The van der Waals surface area contributed by atoms with Crippen molar-refractivity contribution in [1.82, 2.24) is 24.9 Å². The number of alkyl halides is 2. The average molecular weight is 400 g/mol. The summed E-state index contributed by atoms with van der Waals surface area (Å²) in [6, 6.07) is 8.67. The van der Waals surface area contributed by atoms with Gasteiger partial charge in [0.1, 0.15) is 11.2 Å². The minimum Gasteiger partial charge on any atom is -0.347 e. The van der Waals surface area contributed by atoms with Crippen LogP contribution in [-0.2, 0) is 0 Å². The summed E-state index contributed by atoms with van der Waals surface area (Å²) in [5.41, 5.74) is 2.59. The summed E-state index contributed by atoms with van der Waals surface area (Å²) in [7, 11) is 0. The van der Waals surface area contributed by atoms with Crippen LogP contribution in [0, 0.1) is 0 Å². The molecule has 0 atom stereocenters. The molecule has 1 saturated carbocycles. The van der Waals surface area contributed by atoms with E-state index in [9.17, 15) is 13.6 Å². The molecule has 0 saturated heterocycles. The lowest BCUT2D eigenvalue weighted by molar-refractivity contribution is -0.0901. The predicted molar refractivity (Wildman–Crippen MR) is 102 cm³/mol. The highest BCUT2D eigenvalue weighted by Crippen LogP contribution is 2.37. The van der Waals surface area contributed by atoms with Crippen molar-refractivity contribution >= 4 is 50.1 Å². The molecule has 1 aromatic carbocycles. The number of carbonyl (C=O) groups is 1. The molecular weight excluding hydrogens is 386 g/mol. The Kier molecular flexibility index (Phi) is 3.76. The lowest BCUT2D eigenvalue weighted by Gasteiger charge is -2.35. The first-order valence-corrected chi connectivity index (χ1v) is 9.40. The SMILES string of the molecule is O=C(NC1CC(F)(F)C1)c1nsc2cc(Nc3n[nH]c4cccnc34)ccc12. The Balaban J connectivity index is 1.37. The van der Waals surface area contributed by atoms with Crippen molar-refractivity contribution in [3.05, 3.63) is 42.2 Å². The molecule has 0 spiro atoms. The maximum Gasteiger partial charge on any atom is 0.271 e. The van der Waals surface area contributed by atoms with Gasteiger partial charge >= 0.3 is 0 Å². The Hall–Kier alpha value is -3.14. The molecular formula is C18H14F2N6OS. The molecule has 3 N–H and O–H groups in total. The quantitative estimate of drug-likeness (QED) is 0.484. The van der Waals surface area contributed by atoms with Crippen molar-refractivity contribution in [1.29, 1.82) is 0 Å². The zero-order chi connectivity index (χ0) is 19.3. The van der Waals surface area contributed by atoms with Crippen LogP contribution in [0.25, 0.3) is 21.1 Å². The van der Waals surface area contributed by atoms with Crippen LogP contribution >= 0.6 is 11.5 Å². The van der Waals surface area contributed by atoms with Gasteiger partial charge in [-0.3, -0.25) is 14.9 Å². The molecule has 10 heteroatoms. The third-order valence-electron chi connectivity index (χ3n) is 4.70. The number of rotatable bonds is 4. The number of amides is 1. The highest BCUT2D eigenvalue weighted by molar-refractivity contribution is 7.13. The fraction of sp³-hybridized carbons (Fsp3) is 0.222. The van der Waals surface area contributed by atoms with E-state index in [1.54, 1.807) is 12.3 Å². The summed E-state index contributed by atoms with van der Waals surface area (Å²) < 4.78 is 30.9. The van der Waals surface area contributed by atoms with Gasteiger partial charge < -0.3 is 10.6 Å². The normalized spacial score (nSPS) is 16.2. The third kappa shape index (κ3) is 2.95. The number of H-pyrrole nitrogens is 1. The van der Waals surface area contributed by atoms with Gasteiger partial charge in [-0.1, -0.05) is 0 Å². The maximum absolute atomic E-state index is 12.9. The number of halogens is 2. The van der Waals surface area contributed by atoms with Crippen molar-refractivity contribution in [2.45, 2.75) is 24.8 Å². The fourth-order valence-corrected chi connectivity index (χ4v) is 4.09. The van der Waals surface area contributed by atoms with Crippen LogP contribution in [0.3, 0.4) is 0 Å². The van der Waals surface area contributed by atoms with Gasteiger partial charge in [0.2, 0.25) is 0 Å². The number of hydrogen-bond donors (Lipinski definition) is 3. The van der Waals surface area contributed by atoms with Gasteiger partial charge in [0.15, 0.2) is 5.82 Å². The molecule has 1 aliphatic rings. The number of pyridine rings is 1. The number of aromatic nitrogens is 4. The van der Waals surface area contributed by atoms with Gasteiger partial charge in [-0.05, 0) is 41.9 Å². The molecule has 1 aliphatic carbocycles. The van der Waals surface area contributed by atoms with E-state index in [0.29, 0.717) is 11.2 Å². The van der Waals surface area contributed by atoms with Crippen molar-refractivity contribution in [3.63, 3.8) is 0 Å². The zero-order valence-corrected chi connectivity index (χ0v) is 15.2. The Morgan fingerprint density at radius 3 is 2.96 bits per heavy atom. The van der Waals surface area contributed by atoms with Crippen LogP contribution in [0.1, 0.15) is 23.3 Å². The van der Waals surface area contributed by atoms with E-state index < -0.39 is 17.9 Å². The first-order chi connectivity index (χ1) is 13.5. The third-order valence-corrected chi connectivity index (χ3v) is 5.50. The second kappa shape index (κ2) is 6.20. The minimum atomic E-state index is -2.67. The van der Waals surface area contributed by atoms with Crippen LogP contribution in [0.2, 0.25) is 0 Å². The number of nitrogens with one attached hydrogen (secondary N) is 3. The molecule has 0 radical (unpaired) electrons. The van der Waals surface area contributed by atoms with Crippen molar-refractivity contribution in [3.8, 4) is 0 Å². The lowest BCUT2D eigenvalue weighted by atomic mass is 9.88. The zero-order valence-electron chi connectivity index (χ0n) is 14.4. The molecule has 5 rings (SSSR count). The minimum absolute atomic E-state index is 0.258. The molecule has 4 aromatic rings. The van der Waals surface area contributed by atoms with Crippen LogP contribution in [-0.4, -0.2) is 37.4 Å². The molecule has 7 nitrogen and oxygen atoms in total. The summed E-state index contributed by atoms with van der Waals surface area (Å²) in [6.07, 6.45) is 1.05. The van der Waals surface area contributed by atoms with Crippen LogP contribution < -0.4 is 10.6 Å². The highest BCUT2D eigenvalue weighted by Gasteiger charge is 2.46. The van der Waals surface area contributed by atoms with Crippen molar-refractivity contribution in [2.75, 3.05) is 5.32 Å². The van der Waals surface area contributed by atoms with Crippen LogP contribution in [0.15, 0.2) is 36.5 Å². The van der Waals surface area contributed by atoms with Gasteiger partial charge in [-0.25, -0.2) is 8.78 Å². The van der Waals surface area contributed by atoms with Gasteiger partial charge in [0.25, 0.3) is 11.8 Å². The smallest absolute Gasteiger partial charge is 0.271 e.